The average molecular weight is 420 g/mol. The zero-order valence-electron chi connectivity index (χ0n) is 18.7. The largest absolute Gasteiger partial charge is 0.493 e. The fraction of sp³-hybridized carbons (Fsp3) is 0.609. The molecule has 0 atom stereocenters. The van der Waals surface area contributed by atoms with Crippen molar-refractivity contribution in [3.05, 3.63) is 23.8 Å². The van der Waals surface area contributed by atoms with E-state index >= 15 is 0 Å². The number of nitrogens with one attached hydrogen (secondary N) is 2. The lowest BCUT2D eigenvalue weighted by Gasteiger charge is -2.07. The summed E-state index contributed by atoms with van der Waals surface area (Å²) in [5, 5.41) is 6.53. The van der Waals surface area contributed by atoms with E-state index in [0.29, 0.717) is 17.9 Å². The summed E-state index contributed by atoms with van der Waals surface area (Å²) < 4.78 is 10.4. The molecule has 0 saturated carbocycles. The van der Waals surface area contributed by atoms with Crippen LogP contribution in [0.5, 0.6) is 11.5 Å². The Morgan fingerprint density at radius 1 is 0.900 bits per heavy atom. The van der Waals surface area contributed by atoms with Crippen molar-refractivity contribution in [2.45, 2.75) is 71.1 Å². The Hall–Kier alpha value is -2.57. The van der Waals surface area contributed by atoms with E-state index in [4.69, 9.17) is 9.47 Å². The van der Waals surface area contributed by atoms with Gasteiger partial charge in [0.05, 0.1) is 27.0 Å². The first kappa shape index (κ1) is 25.5. The van der Waals surface area contributed by atoms with Crippen molar-refractivity contribution in [1.29, 1.82) is 0 Å². The van der Waals surface area contributed by atoms with Gasteiger partial charge in [0.2, 0.25) is 5.91 Å². The third-order valence-corrected chi connectivity index (χ3v) is 4.76. The molecule has 0 unspecified atom stereocenters. The van der Waals surface area contributed by atoms with Crippen molar-refractivity contribution in [2.75, 3.05) is 20.8 Å². The first-order chi connectivity index (χ1) is 14.6. The number of ether oxygens (including phenoxy) is 2. The molecule has 168 valence electrons. The Balaban J connectivity index is 2.13. The molecule has 0 aliphatic carbocycles. The highest BCUT2D eigenvalue weighted by Gasteiger charge is 2.05. The summed E-state index contributed by atoms with van der Waals surface area (Å²) in [6.45, 7) is 2.14. The maximum absolute atomic E-state index is 11.8. The SMILES string of the molecule is CCCCCCCCCCCC(=O)NCC(=O)N/N=C\c1ccc(OC)c(OC)c1. The van der Waals surface area contributed by atoms with Gasteiger partial charge in [-0.05, 0) is 30.2 Å². The van der Waals surface area contributed by atoms with Gasteiger partial charge in [-0.3, -0.25) is 9.59 Å². The van der Waals surface area contributed by atoms with Gasteiger partial charge in [-0.2, -0.15) is 5.10 Å². The van der Waals surface area contributed by atoms with Gasteiger partial charge in [0.1, 0.15) is 0 Å². The van der Waals surface area contributed by atoms with Crippen LogP contribution in [0.25, 0.3) is 0 Å². The topological polar surface area (TPSA) is 89.0 Å². The summed E-state index contributed by atoms with van der Waals surface area (Å²) in [5.41, 5.74) is 3.15. The fourth-order valence-electron chi connectivity index (χ4n) is 3.01. The molecule has 1 aromatic rings. The minimum Gasteiger partial charge on any atom is -0.493 e. The summed E-state index contributed by atoms with van der Waals surface area (Å²) in [5.74, 6) is 0.731. The van der Waals surface area contributed by atoms with Crippen molar-refractivity contribution in [1.82, 2.24) is 10.7 Å². The number of carbonyl (C=O) groups is 2. The summed E-state index contributed by atoms with van der Waals surface area (Å²) in [4.78, 5) is 23.6. The molecule has 1 rings (SSSR count). The van der Waals surface area contributed by atoms with Gasteiger partial charge in [-0.25, -0.2) is 5.43 Å². The number of unbranched alkanes of at least 4 members (excludes halogenated alkanes) is 8. The van der Waals surface area contributed by atoms with Gasteiger partial charge in [-0.15, -0.1) is 0 Å². The number of amides is 2. The Labute approximate surface area is 180 Å². The number of hydrogen-bond donors (Lipinski definition) is 2. The summed E-state index contributed by atoms with van der Waals surface area (Å²) in [6, 6.07) is 5.31. The fourth-order valence-corrected chi connectivity index (χ4v) is 3.01. The molecule has 0 spiro atoms. The second kappa shape index (κ2) is 16.3. The van der Waals surface area contributed by atoms with Crippen LogP contribution in [0.3, 0.4) is 0 Å². The average Bonchev–Trinajstić information content (AvgIpc) is 2.76. The molecule has 30 heavy (non-hydrogen) atoms. The predicted molar refractivity (Wildman–Crippen MR) is 120 cm³/mol. The highest BCUT2D eigenvalue weighted by atomic mass is 16.5. The van der Waals surface area contributed by atoms with Crippen LogP contribution in [0.4, 0.5) is 0 Å². The van der Waals surface area contributed by atoms with E-state index in [-0.39, 0.29) is 18.4 Å². The van der Waals surface area contributed by atoms with E-state index in [9.17, 15) is 9.59 Å². The van der Waals surface area contributed by atoms with E-state index in [0.717, 1.165) is 18.4 Å². The van der Waals surface area contributed by atoms with Crippen LogP contribution >= 0.6 is 0 Å². The van der Waals surface area contributed by atoms with Crippen LogP contribution in [-0.2, 0) is 9.59 Å². The Bertz CT molecular complexity index is 662. The van der Waals surface area contributed by atoms with Crippen LogP contribution in [0.1, 0.15) is 76.7 Å². The molecule has 0 aromatic heterocycles. The van der Waals surface area contributed by atoms with E-state index < -0.39 is 0 Å². The van der Waals surface area contributed by atoms with Crippen LogP contribution in [0, 0.1) is 0 Å². The lowest BCUT2D eigenvalue weighted by Crippen LogP contribution is -2.34. The summed E-state index contributed by atoms with van der Waals surface area (Å²) in [7, 11) is 3.12. The molecule has 0 heterocycles. The number of rotatable bonds is 16. The van der Waals surface area contributed by atoms with E-state index in [1.165, 1.54) is 51.2 Å². The van der Waals surface area contributed by atoms with Gasteiger partial charge in [-0.1, -0.05) is 58.3 Å². The standard InChI is InChI=1S/C23H37N3O4/c1-4-5-6-7-8-9-10-11-12-13-22(27)24-18-23(28)26-25-17-19-14-15-20(29-2)21(16-19)30-3/h14-17H,4-13,18H2,1-3H3,(H,24,27)(H,26,28)/b25-17-. The van der Waals surface area contributed by atoms with Crippen LogP contribution < -0.4 is 20.2 Å². The number of carbonyl (C=O) groups excluding carboxylic acids is 2. The quantitative estimate of drug-likeness (QED) is 0.239. The van der Waals surface area contributed by atoms with Gasteiger partial charge >= 0.3 is 0 Å². The lowest BCUT2D eigenvalue weighted by molar-refractivity contribution is -0.126. The summed E-state index contributed by atoms with van der Waals surface area (Å²) in [6.07, 6.45) is 12.8. The molecule has 7 heteroatoms. The first-order valence-electron chi connectivity index (χ1n) is 10.9. The predicted octanol–water partition coefficient (Wildman–Crippen LogP) is 4.19. The number of nitrogens with zero attached hydrogens (tertiary/aromatic N) is 1. The van der Waals surface area contributed by atoms with Crippen molar-refractivity contribution in [3.8, 4) is 11.5 Å². The Morgan fingerprint density at radius 3 is 2.17 bits per heavy atom. The van der Waals surface area contributed by atoms with Crippen molar-refractivity contribution >= 4 is 18.0 Å². The smallest absolute Gasteiger partial charge is 0.259 e. The van der Waals surface area contributed by atoms with Gasteiger partial charge in [0.25, 0.3) is 5.91 Å². The maximum Gasteiger partial charge on any atom is 0.259 e. The first-order valence-corrected chi connectivity index (χ1v) is 10.9. The van der Waals surface area contributed by atoms with Gasteiger partial charge in [0.15, 0.2) is 11.5 Å². The third-order valence-electron chi connectivity index (χ3n) is 4.76. The molecule has 0 fully saturated rings. The number of methoxy groups -OCH3 is 2. The Kier molecular flexibility index (Phi) is 13.8. The van der Waals surface area contributed by atoms with Crippen LogP contribution in [-0.4, -0.2) is 38.8 Å². The van der Waals surface area contributed by atoms with Crippen molar-refractivity contribution in [2.24, 2.45) is 5.10 Å². The molecule has 1 aromatic carbocycles. The van der Waals surface area contributed by atoms with Crippen LogP contribution in [0.2, 0.25) is 0 Å². The van der Waals surface area contributed by atoms with Gasteiger partial charge < -0.3 is 14.8 Å². The third kappa shape index (κ3) is 11.4. The highest BCUT2D eigenvalue weighted by Crippen LogP contribution is 2.26. The maximum atomic E-state index is 11.8. The highest BCUT2D eigenvalue weighted by molar-refractivity contribution is 5.86. The van der Waals surface area contributed by atoms with Crippen LogP contribution in [0.15, 0.2) is 23.3 Å². The molecule has 0 bridgehead atoms. The molecule has 2 N–H and O–H groups in total. The second-order valence-corrected chi connectivity index (χ2v) is 7.26. The zero-order valence-corrected chi connectivity index (χ0v) is 18.7. The summed E-state index contributed by atoms with van der Waals surface area (Å²) >= 11 is 0. The number of hydrazone groups is 1. The number of benzene rings is 1. The van der Waals surface area contributed by atoms with E-state index in [2.05, 4.69) is 22.8 Å². The van der Waals surface area contributed by atoms with Crippen molar-refractivity contribution in [3.63, 3.8) is 0 Å². The second-order valence-electron chi connectivity index (χ2n) is 7.26. The van der Waals surface area contributed by atoms with E-state index in [1.54, 1.807) is 32.4 Å². The number of hydrogen-bond acceptors (Lipinski definition) is 5. The Morgan fingerprint density at radius 2 is 1.53 bits per heavy atom. The molecule has 7 nitrogen and oxygen atoms in total. The molecular formula is C23H37N3O4. The molecule has 0 aliphatic heterocycles. The normalized spacial score (nSPS) is 10.8. The molecule has 0 saturated heterocycles. The monoisotopic (exact) mass is 419 g/mol. The minimum atomic E-state index is -0.368. The molecule has 0 radical (unpaired) electrons. The molecular weight excluding hydrogens is 382 g/mol. The van der Waals surface area contributed by atoms with Gasteiger partial charge in [0, 0.05) is 6.42 Å². The lowest BCUT2D eigenvalue weighted by atomic mass is 10.1. The zero-order chi connectivity index (χ0) is 22.0. The van der Waals surface area contributed by atoms with Crippen molar-refractivity contribution < 1.29 is 19.1 Å². The molecule has 0 aliphatic rings. The molecule has 2 amide bonds. The van der Waals surface area contributed by atoms with E-state index in [1.807, 2.05) is 0 Å². The minimum absolute atomic E-state index is 0.0838.